The molecule has 1 heterocycles. The van der Waals surface area contributed by atoms with E-state index in [9.17, 15) is 9.90 Å². The molecule has 0 spiro atoms. The van der Waals surface area contributed by atoms with E-state index in [2.05, 4.69) is 6.92 Å². The lowest BCUT2D eigenvalue weighted by molar-refractivity contribution is -0.328. The van der Waals surface area contributed by atoms with Crippen molar-refractivity contribution in [3.63, 3.8) is 0 Å². The first-order valence-corrected chi connectivity index (χ1v) is 20.4. The Morgan fingerprint density at radius 2 is 1.11 bits per heavy atom. The SMILES string of the molecule is CCCCCCCCCC(CCCCCCCC(C)=O)O[C@@H]1O[C@H](COCc2ccccc2)[C@@H](OCc2ccccc2)[C@H](OCc2ccccc2)[C@H]1O. The first-order valence-electron chi connectivity index (χ1n) is 20.4. The molecule has 1 saturated heterocycles. The Kier molecular flexibility index (Phi) is 21.0. The number of carbonyl (C=O) groups is 1. The number of aliphatic hydroxyl groups excluding tert-OH is 1. The second-order valence-electron chi connectivity index (χ2n) is 14.7. The minimum absolute atomic E-state index is 0.0510. The molecule has 1 unspecified atom stereocenters. The summed E-state index contributed by atoms with van der Waals surface area (Å²) in [5, 5.41) is 12.0. The molecule has 0 saturated carbocycles. The van der Waals surface area contributed by atoms with Crippen molar-refractivity contribution < 1.29 is 33.6 Å². The van der Waals surface area contributed by atoms with Crippen molar-refractivity contribution in [2.45, 2.75) is 167 Å². The third kappa shape index (κ3) is 17.0. The molecule has 0 aromatic heterocycles. The fraction of sp³-hybridized carbons (Fsp3) is 0.587. The van der Waals surface area contributed by atoms with E-state index in [1.54, 1.807) is 6.92 Å². The third-order valence-electron chi connectivity index (χ3n) is 10.1. The number of benzene rings is 3. The van der Waals surface area contributed by atoms with Crippen molar-refractivity contribution in [2.24, 2.45) is 0 Å². The van der Waals surface area contributed by atoms with Gasteiger partial charge in [0.2, 0.25) is 0 Å². The number of unbranched alkanes of at least 4 members (excludes halogenated alkanes) is 10. The maximum atomic E-state index is 12.0. The molecule has 6 atom stereocenters. The van der Waals surface area contributed by atoms with Gasteiger partial charge in [-0.1, -0.05) is 169 Å². The number of hydrogen-bond acceptors (Lipinski definition) is 7. The Morgan fingerprint density at radius 1 is 0.642 bits per heavy atom. The third-order valence-corrected chi connectivity index (χ3v) is 10.1. The lowest BCUT2D eigenvalue weighted by Crippen LogP contribution is -2.61. The molecule has 1 N–H and O–H groups in total. The molecule has 4 rings (SSSR count). The van der Waals surface area contributed by atoms with Gasteiger partial charge >= 0.3 is 0 Å². The van der Waals surface area contributed by atoms with Gasteiger partial charge in [-0.15, -0.1) is 0 Å². The van der Waals surface area contributed by atoms with E-state index < -0.39 is 30.7 Å². The summed E-state index contributed by atoms with van der Waals surface area (Å²) in [5.74, 6) is 0.265. The second-order valence-corrected chi connectivity index (χ2v) is 14.7. The lowest BCUT2D eigenvalue weighted by Gasteiger charge is -2.45. The average Bonchev–Trinajstić information content (AvgIpc) is 3.18. The van der Waals surface area contributed by atoms with Crippen LogP contribution in [0.15, 0.2) is 91.0 Å². The van der Waals surface area contributed by atoms with Crippen LogP contribution in [0.3, 0.4) is 0 Å². The van der Waals surface area contributed by atoms with E-state index in [-0.39, 0.29) is 18.5 Å². The number of hydrogen-bond donors (Lipinski definition) is 1. The molecular formula is C46H66O7. The zero-order chi connectivity index (χ0) is 37.4. The molecule has 1 fully saturated rings. The van der Waals surface area contributed by atoms with Crippen LogP contribution in [0.25, 0.3) is 0 Å². The molecule has 3 aromatic rings. The van der Waals surface area contributed by atoms with Gasteiger partial charge in [-0.05, 0) is 42.9 Å². The summed E-state index contributed by atoms with van der Waals surface area (Å²) in [4.78, 5) is 11.4. The van der Waals surface area contributed by atoms with Crippen LogP contribution >= 0.6 is 0 Å². The van der Waals surface area contributed by atoms with Crippen molar-refractivity contribution in [3.05, 3.63) is 108 Å². The highest BCUT2D eigenvalue weighted by molar-refractivity contribution is 5.75. The van der Waals surface area contributed by atoms with Crippen LogP contribution in [0.5, 0.6) is 0 Å². The maximum absolute atomic E-state index is 12.0. The van der Waals surface area contributed by atoms with Gasteiger partial charge in [-0.2, -0.15) is 0 Å². The predicted molar refractivity (Wildman–Crippen MR) is 211 cm³/mol. The van der Waals surface area contributed by atoms with E-state index in [1.165, 1.54) is 38.5 Å². The molecule has 3 aromatic carbocycles. The standard InChI is InChI=1S/C46H66O7/c1-3-4-5-6-7-10-22-31-41(32-23-11-8-9-15-24-37(2)47)52-46-43(48)45(51-35-40-29-20-14-21-30-40)44(50-34-39-27-18-13-19-28-39)42(53-46)36-49-33-38-25-16-12-17-26-38/h12-14,16-21,25-30,41-46,48H,3-11,15,22-24,31-36H2,1-2H3/t41?,42-,43-,44-,45-,46-/m1/s1. The first-order chi connectivity index (χ1) is 26.0. The molecule has 1 aliphatic rings. The van der Waals surface area contributed by atoms with E-state index in [0.29, 0.717) is 26.2 Å². The van der Waals surface area contributed by atoms with E-state index >= 15 is 0 Å². The molecule has 53 heavy (non-hydrogen) atoms. The number of carbonyl (C=O) groups excluding carboxylic acids is 1. The summed E-state index contributed by atoms with van der Waals surface area (Å²) in [6, 6.07) is 30.2. The van der Waals surface area contributed by atoms with Gasteiger partial charge in [0, 0.05) is 6.42 Å². The minimum Gasteiger partial charge on any atom is -0.385 e. The van der Waals surface area contributed by atoms with E-state index in [1.807, 2.05) is 91.0 Å². The summed E-state index contributed by atoms with van der Waals surface area (Å²) in [6.45, 7) is 5.28. The molecule has 292 valence electrons. The van der Waals surface area contributed by atoms with Crippen molar-refractivity contribution >= 4 is 5.78 Å². The molecular weight excluding hydrogens is 664 g/mol. The fourth-order valence-electron chi connectivity index (χ4n) is 7.01. The molecule has 1 aliphatic heterocycles. The lowest BCUT2D eigenvalue weighted by atomic mass is 9.97. The van der Waals surface area contributed by atoms with Crippen LogP contribution in [0.4, 0.5) is 0 Å². The quantitative estimate of drug-likeness (QED) is 0.0745. The molecule has 7 nitrogen and oxygen atoms in total. The zero-order valence-electron chi connectivity index (χ0n) is 32.5. The van der Waals surface area contributed by atoms with Gasteiger partial charge in [-0.3, -0.25) is 0 Å². The molecule has 0 aliphatic carbocycles. The number of rotatable bonds is 28. The van der Waals surface area contributed by atoms with Crippen LogP contribution < -0.4 is 0 Å². The average molecular weight is 731 g/mol. The van der Waals surface area contributed by atoms with Gasteiger partial charge < -0.3 is 33.6 Å². The molecule has 0 amide bonds. The van der Waals surface area contributed by atoms with Crippen molar-refractivity contribution in [2.75, 3.05) is 6.61 Å². The Balaban J connectivity index is 1.48. The number of Topliss-reactive ketones (excluding diaryl/α,β-unsaturated/α-hetero) is 1. The highest BCUT2D eigenvalue weighted by Crippen LogP contribution is 2.31. The van der Waals surface area contributed by atoms with Gasteiger partial charge in [0.1, 0.15) is 30.2 Å². The predicted octanol–water partition coefficient (Wildman–Crippen LogP) is 10.3. The van der Waals surface area contributed by atoms with Gasteiger partial charge in [-0.25, -0.2) is 0 Å². The second kappa shape index (κ2) is 26.0. The van der Waals surface area contributed by atoms with Crippen LogP contribution in [-0.2, 0) is 48.3 Å². The minimum atomic E-state index is -1.06. The fourth-order valence-corrected chi connectivity index (χ4v) is 7.01. The molecule has 7 heteroatoms. The van der Waals surface area contributed by atoms with E-state index in [4.69, 9.17) is 23.7 Å². The molecule has 0 bridgehead atoms. The maximum Gasteiger partial charge on any atom is 0.186 e. The first kappa shape index (κ1) is 42.8. The highest BCUT2D eigenvalue weighted by atomic mass is 16.7. The molecule has 0 radical (unpaired) electrons. The van der Waals surface area contributed by atoms with Crippen LogP contribution in [0, 0.1) is 0 Å². The summed E-state index contributed by atoms with van der Waals surface area (Å²) in [6.07, 6.45) is 12.5. The topological polar surface area (TPSA) is 83.5 Å². The summed E-state index contributed by atoms with van der Waals surface area (Å²) >= 11 is 0. The van der Waals surface area contributed by atoms with Crippen molar-refractivity contribution in [3.8, 4) is 0 Å². The summed E-state index contributed by atoms with van der Waals surface area (Å²) in [5.41, 5.74) is 3.12. The number of ether oxygens (including phenoxy) is 5. The summed E-state index contributed by atoms with van der Waals surface area (Å²) < 4.78 is 32.9. The Bertz CT molecular complexity index is 1340. The Labute approximate surface area is 319 Å². The van der Waals surface area contributed by atoms with Crippen LogP contribution in [0.2, 0.25) is 0 Å². The Hall–Kier alpha value is -2.91. The number of aliphatic hydroxyl groups is 1. The van der Waals surface area contributed by atoms with Crippen molar-refractivity contribution in [1.82, 2.24) is 0 Å². The number of ketones is 1. The van der Waals surface area contributed by atoms with Crippen LogP contribution in [0.1, 0.15) is 127 Å². The largest absolute Gasteiger partial charge is 0.385 e. The smallest absolute Gasteiger partial charge is 0.186 e. The Morgan fingerprint density at radius 3 is 1.64 bits per heavy atom. The van der Waals surface area contributed by atoms with Crippen LogP contribution in [-0.4, -0.2) is 54.3 Å². The summed E-state index contributed by atoms with van der Waals surface area (Å²) in [7, 11) is 0. The monoisotopic (exact) mass is 730 g/mol. The normalized spacial score (nSPS) is 20.7. The van der Waals surface area contributed by atoms with Gasteiger partial charge in [0.05, 0.1) is 32.5 Å². The van der Waals surface area contributed by atoms with E-state index in [0.717, 1.165) is 68.1 Å². The zero-order valence-corrected chi connectivity index (χ0v) is 32.5. The highest BCUT2D eigenvalue weighted by Gasteiger charge is 2.48. The van der Waals surface area contributed by atoms with Gasteiger partial charge in [0.15, 0.2) is 6.29 Å². The van der Waals surface area contributed by atoms with Gasteiger partial charge in [0.25, 0.3) is 0 Å². The van der Waals surface area contributed by atoms with Crippen molar-refractivity contribution in [1.29, 1.82) is 0 Å².